The molecular formula is C4H12O4PSi+. The van der Waals surface area contributed by atoms with Gasteiger partial charge in [0.05, 0.1) is 0 Å². The summed E-state index contributed by atoms with van der Waals surface area (Å²) in [5, 5.41) is 0. The van der Waals surface area contributed by atoms with E-state index >= 15 is 0 Å². The minimum absolute atomic E-state index is 0.00849. The van der Waals surface area contributed by atoms with Crippen molar-refractivity contribution in [3.8, 4) is 0 Å². The van der Waals surface area contributed by atoms with Crippen LogP contribution in [0.4, 0.5) is 0 Å². The van der Waals surface area contributed by atoms with Gasteiger partial charge in [0, 0.05) is 11.2 Å². The van der Waals surface area contributed by atoms with Crippen LogP contribution in [0.15, 0.2) is 0 Å². The number of hydrogen-bond acceptors (Lipinski definition) is 2. The fraction of sp³-hybridized carbons (Fsp3) is 1.00. The molecule has 1 rings (SSSR count). The molecule has 0 unspecified atom stereocenters. The zero-order chi connectivity index (χ0) is 7.82. The normalized spacial score (nSPS) is 19.4. The molecule has 1 aliphatic heterocycles. The van der Waals surface area contributed by atoms with Crippen molar-refractivity contribution >= 4 is 18.0 Å². The van der Waals surface area contributed by atoms with E-state index in [0.29, 0.717) is 0 Å². The third-order valence-electron chi connectivity index (χ3n) is 1.08. The first-order valence-electron chi connectivity index (χ1n) is 3.16. The van der Waals surface area contributed by atoms with E-state index in [1.54, 1.807) is 0 Å². The maximum atomic E-state index is 8.70. The summed E-state index contributed by atoms with van der Waals surface area (Å²) in [6.07, 6.45) is 2.75. The third kappa shape index (κ3) is 11.1. The molecule has 1 saturated heterocycles. The molecule has 2 N–H and O–H groups in total. The van der Waals surface area contributed by atoms with Gasteiger partial charge >= 0.3 is 8.25 Å². The Balaban J connectivity index is 0.000000180. The molecule has 1 fully saturated rings. The van der Waals surface area contributed by atoms with Gasteiger partial charge in [0.15, 0.2) is 9.76 Å². The molecule has 10 heavy (non-hydrogen) atoms. The van der Waals surface area contributed by atoms with Crippen molar-refractivity contribution in [1.29, 1.82) is 0 Å². The van der Waals surface area contributed by atoms with Gasteiger partial charge in [-0.05, 0) is 12.5 Å². The maximum Gasteiger partial charge on any atom is 0.692 e. The number of rotatable bonds is 0. The molecule has 60 valence electrons. The van der Waals surface area contributed by atoms with E-state index in [4.69, 9.17) is 18.8 Å². The summed E-state index contributed by atoms with van der Waals surface area (Å²) in [5.74, 6) is 0. The second kappa shape index (κ2) is 7.31. The van der Waals surface area contributed by atoms with Gasteiger partial charge in [-0.2, -0.15) is 0 Å². The van der Waals surface area contributed by atoms with E-state index in [1.807, 2.05) is 0 Å². The van der Waals surface area contributed by atoms with Crippen LogP contribution in [0.25, 0.3) is 0 Å². The van der Waals surface area contributed by atoms with E-state index in [2.05, 4.69) is 0 Å². The first-order chi connectivity index (χ1) is 4.73. The molecule has 6 heteroatoms. The second-order valence-electron chi connectivity index (χ2n) is 1.93. The van der Waals surface area contributed by atoms with Gasteiger partial charge in [-0.15, -0.1) is 9.79 Å². The summed E-state index contributed by atoms with van der Waals surface area (Å²) in [7, 11) is -2.86. The minimum Gasteiger partial charge on any atom is -0.424 e. The first kappa shape index (κ1) is 10.2. The van der Waals surface area contributed by atoms with Crippen LogP contribution in [0, 0.1) is 0 Å². The van der Waals surface area contributed by atoms with Gasteiger partial charge in [-0.3, -0.25) is 0 Å². The van der Waals surface area contributed by atoms with Crippen molar-refractivity contribution < 1.29 is 18.8 Å². The second-order valence-corrected chi connectivity index (χ2v) is 3.95. The number of hydrogen-bond donors (Lipinski definition) is 2. The van der Waals surface area contributed by atoms with Crippen LogP contribution in [0.2, 0.25) is 6.04 Å². The van der Waals surface area contributed by atoms with Crippen LogP contribution in [-0.2, 0) is 8.99 Å². The van der Waals surface area contributed by atoms with Gasteiger partial charge < -0.3 is 4.43 Å². The largest absolute Gasteiger partial charge is 0.692 e. The summed E-state index contributed by atoms with van der Waals surface area (Å²) in [4.78, 5) is 14.2. The third-order valence-corrected chi connectivity index (χ3v) is 2.44. The van der Waals surface area contributed by atoms with Crippen LogP contribution in [0.1, 0.15) is 12.8 Å². The van der Waals surface area contributed by atoms with Gasteiger partial charge in [0.25, 0.3) is 0 Å². The molecule has 0 bridgehead atoms. The van der Waals surface area contributed by atoms with Crippen molar-refractivity contribution in [2.24, 2.45) is 0 Å². The average molecular weight is 183 g/mol. The Hall–Kier alpha value is 0.197. The summed E-state index contributed by atoms with van der Waals surface area (Å²) in [5.41, 5.74) is 0. The summed E-state index contributed by atoms with van der Waals surface area (Å²) in [6.45, 7) is 1.06. The summed E-state index contributed by atoms with van der Waals surface area (Å²) < 4.78 is 13.9. The molecule has 0 aliphatic carbocycles. The molecule has 1 heterocycles. The lowest BCUT2D eigenvalue weighted by Crippen LogP contribution is -2.06. The van der Waals surface area contributed by atoms with Crippen LogP contribution >= 0.6 is 8.25 Å². The van der Waals surface area contributed by atoms with Crippen LogP contribution < -0.4 is 0 Å². The lowest BCUT2D eigenvalue weighted by Gasteiger charge is -2.07. The van der Waals surface area contributed by atoms with Gasteiger partial charge in [-0.1, -0.05) is 6.42 Å². The van der Waals surface area contributed by atoms with Gasteiger partial charge in [-0.25, -0.2) is 0 Å². The van der Waals surface area contributed by atoms with E-state index in [1.165, 1.54) is 18.9 Å². The predicted molar refractivity (Wildman–Crippen MR) is 40.6 cm³/mol. The molecular weight excluding hydrogens is 171 g/mol. The van der Waals surface area contributed by atoms with E-state index in [9.17, 15) is 0 Å². The Labute approximate surface area is 63.1 Å². The van der Waals surface area contributed by atoms with Crippen LogP contribution in [0.5, 0.6) is 0 Å². The molecule has 0 spiro atoms. The Morgan fingerprint density at radius 3 is 2.10 bits per heavy atom. The molecule has 0 amide bonds. The highest BCUT2D eigenvalue weighted by molar-refractivity contribution is 7.30. The average Bonchev–Trinajstić information content (AvgIpc) is 1.90. The highest BCUT2D eigenvalue weighted by atomic mass is 31.1. The predicted octanol–water partition coefficient (Wildman–Crippen LogP) is -0.0727. The highest BCUT2D eigenvalue weighted by Gasteiger charge is 1.96. The van der Waals surface area contributed by atoms with Crippen LogP contribution in [-0.4, -0.2) is 26.2 Å². The van der Waals surface area contributed by atoms with Crippen LogP contribution in [0.3, 0.4) is 0 Å². The topological polar surface area (TPSA) is 66.8 Å². The van der Waals surface area contributed by atoms with Gasteiger partial charge in [0.1, 0.15) is 0 Å². The Kier molecular flexibility index (Phi) is 7.45. The molecule has 0 atom stereocenters. The summed E-state index contributed by atoms with van der Waals surface area (Å²) in [6, 6.07) is 1.42. The fourth-order valence-corrected chi connectivity index (χ4v) is 1.86. The fourth-order valence-electron chi connectivity index (χ4n) is 0.687. The molecule has 4 nitrogen and oxygen atoms in total. The monoisotopic (exact) mass is 183 g/mol. The summed E-state index contributed by atoms with van der Waals surface area (Å²) >= 11 is 0. The van der Waals surface area contributed by atoms with E-state index in [0.717, 1.165) is 6.61 Å². The van der Waals surface area contributed by atoms with E-state index in [-0.39, 0.29) is 9.76 Å². The van der Waals surface area contributed by atoms with Crippen molar-refractivity contribution in [2.75, 3.05) is 6.61 Å². The molecule has 0 aromatic carbocycles. The molecule has 0 radical (unpaired) electrons. The quantitative estimate of drug-likeness (QED) is 0.407. The van der Waals surface area contributed by atoms with Crippen molar-refractivity contribution in [1.82, 2.24) is 0 Å². The molecule has 1 aliphatic rings. The van der Waals surface area contributed by atoms with Crippen molar-refractivity contribution in [3.05, 3.63) is 0 Å². The van der Waals surface area contributed by atoms with E-state index < -0.39 is 8.25 Å². The Morgan fingerprint density at radius 2 is 2.00 bits per heavy atom. The molecule has 0 aromatic heterocycles. The zero-order valence-corrected chi connectivity index (χ0v) is 8.00. The standard InChI is InChI=1S/C4H10OSi.HO3P/c1-2-4-6-5-3-1;1-4(2)3/h1-4,6H2;(H-,1,2,3)/p+1. The lowest BCUT2D eigenvalue weighted by molar-refractivity contribution is 0.304. The first-order valence-corrected chi connectivity index (χ1v) is 5.90. The zero-order valence-electron chi connectivity index (χ0n) is 5.69. The maximum absolute atomic E-state index is 8.70. The van der Waals surface area contributed by atoms with Gasteiger partial charge in [0.2, 0.25) is 0 Å². The Bertz CT molecular complexity index is 79.7. The SMILES string of the molecule is C1CC[SiH2]OC1.O=[P+](O)O. The van der Waals surface area contributed by atoms with Crippen molar-refractivity contribution in [3.63, 3.8) is 0 Å². The molecule has 0 aromatic rings. The van der Waals surface area contributed by atoms with Crippen molar-refractivity contribution in [2.45, 2.75) is 18.9 Å². The Morgan fingerprint density at radius 1 is 1.40 bits per heavy atom. The minimum atomic E-state index is -2.87. The lowest BCUT2D eigenvalue weighted by atomic mass is 10.4. The highest BCUT2D eigenvalue weighted by Crippen LogP contribution is 2.01. The smallest absolute Gasteiger partial charge is 0.424 e. The molecule has 0 saturated carbocycles.